The number of methoxy groups -OCH3 is 1. The maximum Gasteiger partial charge on any atom is 0.216 e. The third-order valence-electron chi connectivity index (χ3n) is 7.19. The third-order valence-corrected chi connectivity index (χ3v) is 7.19. The lowest BCUT2D eigenvalue weighted by Gasteiger charge is -2.37. The summed E-state index contributed by atoms with van der Waals surface area (Å²) in [5, 5.41) is 12.1. The van der Waals surface area contributed by atoms with Crippen LogP contribution in [0.4, 0.5) is 4.39 Å². The van der Waals surface area contributed by atoms with Gasteiger partial charge in [-0.2, -0.15) is 0 Å². The van der Waals surface area contributed by atoms with Crippen LogP contribution >= 0.6 is 0 Å². The molecule has 190 valence electrons. The Hall–Kier alpha value is -3.02. The highest BCUT2D eigenvalue weighted by atomic mass is 19.1. The van der Waals surface area contributed by atoms with E-state index >= 15 is 0 Å². The zero-order valence-electron chi connectivity index (χ0n) is 22.0. The SMILES string of the molecule is CCc1cc(F)cc(C(O)(CCN(C)C)C2=CC=C3N=C(OC)C(Cc4ccc(C)cc4)=CC3C2)c1. The van der Waals surface area contributed by atoms with E-state index in [1.807, 2.05) is 44.1 Å². The van der Waals surface area contributed by atoms with Crippen molar-refractivity contribution in [1.82, 2.24) is 4.90 Å². The molecule has 2 unspecified atom stereocenters. The second-order valence-corrected chi connectivity index (χ2v) is 10.2. The average molecular weight is 489 g/mol. The molecule has 5 heteroatoms. The number of fused-ring (bicyclic) bond motifs is 1. The minimum atomic E-state index is -1.27. The molecule has 0 spiro atoms. The molecular weight excluding hydrogens is 451 g/mol. The molecule has 0 saturated carbocycles. The molecular formula is C31H37FN2O2. The number of hydrogen-bond donors (Lipinski definition) is 1. The number of aliphatic hydroxyl groups is 1. The zero-order valence-corrected chi connectivity index (χ0v) is 22.0. The first-order valence-corrected chi connectivity index (χ1v) is 12.7. The lowest BCUT2D eigenvalue weighted by molar-refractivity contribution is 0.0533. The van der Waals surface area contributed by atoms with Gasteiger partial charge in [-0.3, -0.25) is 0 Å². The Morgan fingerprint density at radius 3 is 2.53 bits per heavy atom. The Balaban J connectivity index is 1.69. The first kappa shape index (κ1) is 26.1. The van der Waals surface area contributed by atoms with Gasteiger partial charge in [0.25, 0.3) is 0 Å². The highest BCUT2D eigenvalue weighted by Gasteiger charge is 2.37. The summed E-state index contributed by atoms with van der Waals surface area (Å²) in [7, 11) is 5.62. The van der Waals surface area contributed by atoms with Gasteiger partial charge < -0.3 is 14.7 Å². The number of halogens is 1. The normalized spacial score (nSPS) is 19.1. The number of rotatable bonds is 8. The molecule has 4 rings (SSSR count). The number of allylic oxidation sites excluding steroid dienone is 3. The van der Waals surface area contributed by atoms with Crippen molar-refractivity contribution in [3.8, 4) is 0 Å². The van der Waals surface area contributed by atoms with Gasteiger partial charge in [0.05, 0.1) is 12.8 Å². The molecule has 2 aromatic carbocycles. The molecule has 4 nitrogen and oxygen atoms in total. The fourth-order valence-corrected chi connectivity index (χ4v) is 5.00. The highest BCUT2D eigenvalue weighted by Crippen LogP contribution is 2.43. The predicted molar refractivity (Wildman–Crippen MR) is 145 cm³/mol. The highest BCUT2D eigenvalue weighted by molar-refractivity contribution is 5.95. The van der Waals surface area contributed by atoms with Gasteiger partial charge in [-0.1, -0.05) is 55.0 Å². The van der Waals surface area contributed by atoms with Crippen LogP contribution in [0.25, 0.3) is 0 Å². The maximum absolute atomic E-state index is 14.6. The van der Waals surface area contributed by atoms with Gasteiger partial charge in [0.15, 0.2) is 0 Å². The number of benzene rings is 2. The topological polar surface area (TPSA) is 45.1 Å². The molecule has 2 atom stereocenters. The zero-order chi connectivity index (χ0) is 25.9. The fraction of sp³-hybridized carbons (Fsp3) is 0.387. The number of dihydropyridines is 1. The van der Waals surface area contributed by atoms with E-state index in [1.165, 1.54) is 17.2 Å². The molecule has 36 heavy (non-hydrogen) atoms. The molecule has 0 bridgehead atoms. The second-order valence-electron chi connectivity index (χ2n) is 10.2. The number of aliphatic imine (C=N–C) groups is 1. The van der Waals surface area contributed by atoms with Crippen molar-refractivity contribution in [3.63, 3.8) is 0 Å². The van der Waals surface area contributed by atoms with E-state index in [9.17, 15) is 9.50 Å². The van der Waals surface area contributed by atoms with Crippen molar-refractivity contribution in [1.29, 1.82) is 0 Å². The van der Waals surface area contributed by atoms with Gasteiger partial charge in [-0.15, -0.1) is 0 Å². The summed E-state index contributed by atoms with van der Waals surface area (Å²) in [4.78, 5) is 6.86. The minimum Gasteiger partial charge on any atom is -0.481 e. The maximum atomic E-state index is 14.6. The van der Waals surface area contributed by atoms with Crippen LogP contribution in [0, 0.1) is 18.7 Å². The molecule has 2 aliphatic rings. The van der Waals surface area contributed by atoms with Gasteiger partial charge in [0.2, 0.25) is 5.90 Å². The molecule has 0 radical (unpaired) electrons. The van der Waals surface area contributed by atoms with Gasteiger partial charge >= 0.3 is 0 Å². The van der Waals surface area contributed by atoms with E-state index in [1.54, 1.807) is 13.2 Å². The minimum absolute atomic E-state index is 0.0226. The summed E-state index contributed by atoms with van der Waals surface area (Å²) >= 11 is 0. The summed E-state index contributed by atoms with van der Waals surface area (Å²) < 4.78 is 20.2. The molecule has 0 fully saturated rings. The van der Waals surface area contributed by atoms with Crippen LogP contribution in [0.5, 0.6) is 0 Å². The number of nitrogens with zero attached hydrogens (tertiary/aromatic N) is 2. The summed E-state index contributed by atoms with van der Waals surface area (Å²) in [6.07, 6.45) is 8.69. The van der Waals surface area contributed by atoms with Crippen LogP contribution in [-0.2, 0) is 23.2 Å². The monoisotopic (exact) mass is 488 g/mol. The van der Waals surface area contributed by atoms with Crippen molar-refractivity contribution in [2.24, 2.45) is 10.9 Å². The van der Waals surface area contributed by atoms with E-state index in [2.05, 4.69) is 37.3 Å². The number of hydrogen-bond acceptors (Lipinski definition) is 4. The first-order chi connectivity index (χ1) is 17.2. The number of aryl methyl sites for hydroxylation is 2. The van der Waals surface area contributed by atoms with E-state index in [0.29, 0.717) is 37.3 Å². The van der Waals surface area contributed by atoms with Crippen LogP contribution in [0.3, 0.4) is 0 Å². The van der Waals surface area contributed by atoms with Gasteiger partial charge in [-0.05, 0) is 80.8 Å². The lowest BCUT2D eigenvalue weighted by Crippen LogP contribution is -2.35. The molecule has 1 aliphatic heterocycles. The lowest BCUT2D eigenvalue weighted by atomic mass is 9.75. The quantitative estimate of drug-likeness (QED) is 0.504. The van der Waals surface area contributed by atoms with Gasteiger partial charge in [0.1, 0.15) is 11.4 Å². The van der Waals surface area contributed by atoms with Crippen molar-refractivity contribution < 1.29 is 14.2 Å². The number of ether oxygens (including phenoxy) is 1. The van der Waals surface area contributed by atoms with E-state index in [0.717, 1.165) is 28.8 Å². The molecule has 1 N–H and O–H groups in total. The second kappa shape index (κ2) is 10.9. The Labute approximate surface area is 214 Å². The predicted octanol–water partition coefficient (Wildman–Crippen LogP) is 5.89. The molecule has 2 aromatic rings. The summed E-state index contributed by atoms with van der Waals surface area (Å²) in [5.74, 6) is 0.345. The fourth-order valence-electron chi connectivity index (χ4n) is 5.00. The van der Waals surface area contributed by atoms with Crippen LogP contribution < -0.4 is 0 Å². The summed E-state index contributed by atoms with van der Waals surface area (Å²) in [6.45, 7) is 4.76. The van der Waals surface area contributed by atoms with Crippen molar-refractivity contribution in [3.05, 3.63) is 106 Å². The summed E-state index contributed by atoms with van der Waals surface area (Å²) in [5.41, 5.74) is 5.50. The molecule has 1 heterocycles. The van der Waals surface area contributed by atoms with Crippen molar-refractivity contribution in [2.45, 2.75) is 45.1 Å². The third kappa shape index (κ3) is 5.69. The standard InChI is InChI=1S/C31H37FN2O2/c1-6-22-16-27(20-28(32)17-22)31(35,13-14-34(3)4)26-11-12-29-24(19-26)18-25(30(33-29)36-5)15-23-9-7-21(2)8-10-23/h7-12,16-18,20,24,35H,6,13-15,19H2,1-5H3. The molecule has 0 aromatic heterocycles. The Morgan fingerprint density at radius 2 is 1.86 bits per heavy atom. The van der Waals surface area contributed by atoms with Crippen molar-refractivity contribution >= 4 is 5.90 Å². The van der Waals surface area contributed by atoms with Gasteiger partial charge in [0, 0.05) is 24.5 Å². The van der Waals surface area contributed by atoms with E-state index < -0.39 is 5.60 Å². The smallest absolute Gasteiger partial charge is 0.216 e. The van der Waals surface area contributed by atoms with E-state index in [4.69, 9.17) is 9.73 Å². The van der Waals surface area contributed by atoms with Crippen LogP contribution in [-0.4, -0.2) is 43.7 Å². The van der Waals surface area contributed by atoms with Crippen LogP contribution in [0.1, 0.15) is 42.0 Å². The van der Waals surface area contributed by atoms with E-state index in [-0.39, 0.29) is 11.7 Å². The Kier molecular flexibility index (Phi) is 7.91. The molecule has 0 amide bonds. The van der Waals surface area contributed by atoms with Gasteiger partial charge in [-0.25, -0.2) is 9.38 Å². The van der Waals surface area contributed by atoms with Crippen LogP contribution in [0.2, 0.25) is 0 Å². The summed E-state index contributed by atoms with van der Waals surface area (Å²) in [6, 6.07) is 13.5. The first-order valence-electron chi connectivity index (χ1n) is 12.7. The molecule has 1 aliphatic carbocycles. The Bertz CT molecular complexity index is 1220. The Morgan fingerprint density at radius 1 is 1.11 bits per heavy atom. The average Bonchev–Trinajstić information content (AvgIpc) is 2.87. The van der Waals surface area contributed by atoms with Crippen molar-refractivity contribution in [2.75, 3.05) is 27.7 Å². The largest absolute Gasteiger partial charge is 0.481 e. The molecule has 0 saturated heterocycles. The van der Waals surface area contributed by atoms with Crippen LogP contribution in [0.15, 0.2) is 82.5 Å².